The summed E-state index contributed by atoms with van der Waals surface area (Å²) in [5.74, 6) is -0.227. The molecule has 0 N–H and O–H groups in total. The fourth-order valence-electron chi connectivity index (χ4n) is 4.26. The molecule has 2 aliphatic rings. The van der Waals surface area contributed by atoms with Gasteiger partial charge in [0, 0.05) is 13.1 Å². The molecule has 0 spiro atoms. The van der Waals surface area contributed by atoms with Crippen LogP contribution in [0, 0.1) is 17.1 Å². The molecule has 0 bridgehead atoms. The minimum absolute atomic E-state index is 0.0115. The van der Waals surface area contributed by atoms with Gasteiger partial charge in [-0.15, -0.1) is 0 Å². The topological polar surface area (TPSA) is 47.3 Å². The van der Waals surface area contributed by atoms with Gasteiger partial charge in [0.1, 0.15) is 11.4 Å². The van der Waals surface area contributed by atoms with E-state index in [1.54, 1.807) is 11.9 Å². The van der Waals surface area contributed by atoms with Crippen molar-refractivity contribution in [2.45, 2.75) is 56.5 Å². The number of amides is 1. The van der Waals surface area contributed by atoms with Crippen LogP contribution in [0.25, 0.3) is 0 Å². The second-order valence-corrected chi connectivity index (χ2v) is 7.34. The molecule has 0 radical (unpaired) electrons. The Labute approximate surface area is 149 Å². The molecule has 2 fully saturated rings. The largest absolute Gasteiger partial charge is 0.326 e. The van der Waals surface area contributed by atoms with E-state index in [9.17, 15) is 14.4 Å². The number of halogens is 1. The Morgan fingerprint density at radius 3 is 2.60 bits per heavy atom. The van der Waals surface area contributed by atoms with Crippen molar-refractivity contribution in [2.24, 2.45) is 0 Å². The van der Waals surface area contributed by atoms with Crippen molar-refractivity contribution in [2.75, 3.05) is 20.1 Å². The van der Waals surface area contributed by atoms with Crippen LogP contribution in [-0.2, 0) is 4.79 Å². The number of carbonyl (C=O) groups excluding carboxylic acids is 1. The third kappa shape index (κ3) is 3.69. The standard InChI is InChI=1S/C20H26FN3O/c1-23(20(15-22)11-3-2-4-12-20)19(25)14-24-13-5-6-18(24)16-7-9-17(21)10-8-16/h7-10,18H,2-6,11-14H2,1H3. The molecule has 25 heavy (non-hydrogen) atoms. The number of nitriles is 1. The van der Waals surface area contributed by atoms with Crippen molar-refractivity contribution in [3.05, 3.63) is 35.6 Å². The zero-order chi connectivity index (χ0) is 17.9. The molecule has 1 aromatic rings. The maximum Gasteiger partial charge on any atom is 0.237 e. The SMILES string of the molecule is CN(C(=O)CN1CCCC1c1ccc(F)cc1)C1(C#N)CCCCC1. The summed E-state index contributed by atoms with van der Waals surface area (Å²) < 4.78 is 13.2. The summed E-state index contributed by atoms with van der Waals surface area (Å²) in [7, 11) is 1.78. The van der Waals surface area contributed by atoms with Gasteiger partial charge >= 0.3 is 0 Å². The number of hydrogen-bond donors (Lipinski definition) is 0. The molecule has 1 saturated carbocycles. The molecule has 1 unspecified atom stereocenters. The van der Waals surface area contributed by atoms with Gasteiger partial charge in [0.15, 0.2) is 0 Å². The van der Waals surface area contributed by atoms with Crippen LogP contribution >= 0.6 is 0 Å². The molecular formula is C20H26FN3O. The number of carbonyl (C=O) groups is 1. The Morgan fingerprint density at radius 1 is 1.28 bits per heavy atom. The Balaban J connectivity index is 1.69. The lowest BCUT2D eigenvalue weighted by Gasteiger charge is -2.40. The van der Waals surface area contributed by atoms with Crippen LogP contribution in [0.3, 0.4) is 0 Å². The number of hydrogen-bond acceptors (Lipinski definition) is 3. The Bertz CT molecular complexity index is 646. The number of benzene rings is 1. The zero-order valence-electron chi connectivity index (χ0n) is 14.9. The van der Waals surface area contributed by atoms with E-state index in [0.717, 1.165) is 57.1 Å². The fourth-order valence-corrected chi connectivity index (χ4v) is 4.26. The molecule has 134 valence electrons. The first-order chi connectivity index (χ1) is 12.1. The van der Waals surface area contributed by atoms with E-state index in [2.05, 4.69) is 11.0 Å². The first-order valence-electron chi connectivity index (χ1n) is 9.23. The van der Waals surface area contributed by atoms with E-state index < -0.39 is 5.54 Å². The minimum atomic E-state index is -0.638. The van der Waals surface area contributed by atoms with Crippen molar-refractivity contribution in [1.29, 1.82) is 5.26 Å². The zero-order valence-corrected chi connectivity index (χ0v) is 14.9. The lowest BCUT2D eigenvalue weighted by Crippen LogP contribution is -2.52. The normalized spacial score (nSPS) is 23.2. The maximum absolute atomic E-state index is 13.2. The number of nitrogens with zero attached hydrogens (tertiary/aromatic N) is 3. The second-order valence-electron chi connectivity index (χ2n) is 7.34. The smallest absolute Gasteiger partial charge is 0.237 e. The van der Waals surface area contributed by atoms with Crippen molar-refractivity contribution in [3.63, 3.8) is 0 Å². The average molecular weight is 343 g/mol. The van der Waals surface area contributed by atoms with E-state index in [-0.39, 0.29) is 17.8 Å². The third-order valence-electron chi connectivity index (χ3n) is 5.86. The highest BCUT2D eigenvalue weighted by Gasteiger charge is 2.40. The van der Waals surface area contributed by atoms with Crippen molar-refractivity contribution in [1.82, 2.24) is 9.80 Å². The Kier molecular flexibility index (Phi) is 5.39. The fraction of sp³-hybridized carbons (Fsp3) is 0.600. The van der Waals surface area contributed by atoms with Crippen LogP contribution in [0.15, 0.2) is 24.3 Å². The summed E-state index contributed by atoms with van der Waals surface area (Å²) in [6.45, 7) is 1.18. The molecule has 0 aromatic heterocycles. The van der Waals surface area contributed by atoms with E-state index >= 15 is 0 Å². The third-order valence-corrected chi connectivity index (χ3v) is 5.86. The van der Waals surface area contributed by atoms with Crippen LogP contribution in [-0.4, -0.2) is 41.4 Å². The second kappa shape index (κ2) is 7.53. The van der Waals surface area contributed by atoms with Gasteiger partial charge in [-0.1, -0.05) is 31.4 Å². The first kappa shape index (κ1) is 17.9. The molecule has 1 amide bonds. The van der Waals surface area contributed by atoms with Gasteiger partial charge in [0.05, 0.1) is 12.6 Å². The Morgan fingerprint density at radius 2 is 1.96 bits per heavy atom. The van der Waals surface area contributed by atoms with E-state index in [0.29, 0.717) is 6.54 Å². The lowest BCUT2D eigenvalue weighted by atomic mass is 9.81. The van der Waals surface area contributed by atoms with Crippen molar-refractivity contribution < 1.29 is 9.18 Å². The summed E-state index contributed by atoms with van der Waals surface area (Å²) in [5.41, 5.74) is 0.419. The van der Waals surface area contributed by atoms with Gasteiger partial charge in [-0.3, -0.25) is 9.69 Å². The highest BCUT2D eigenvalue weighted by atomic mass is 19.1. The molecule has 1 heterocycles. The summed E-state index contributed by atoms with van der Waals surface area (Å²) in [4.78, 5) is 16.7. The van der Waals surface area contributed by atoms with Crippen molar-refractivity contribution in [3.8, 4) is 6.07 Å². The molecule has 4 nitrogen and oxygen atoms in total. The van der Waals surface area contributed by atoms with Gasteiger partial charge in [0.25, 0.3) is 0 Å². The highest BCUT2D eigenvalue weighted by Crippen LogP contribution is 2.34. The molecule has 3 rings (SSSR count). The molecule has 1 aromatic carbocycles. The summed E-state index contributed by atoms with van der Waals surface area (Å²) in [6.07, 6.45) is 6.71. The van der Waals surface area contributed by atoms with Crippen molar-refractivity contribution >= 4 is 5.91 Å². The minimum Gasteiger partial charge on any atom is -0.326 e. The summed E-state index contributed by atoms with van der Waals surface area (Å²) in [6, 6.07) is 9.15. The number of likely N-dealkylation sites (tertiary alicyclic amines) is 1. The predicted octanol–water partition coefficient (Wildman–Crippen LogP) is 3.65. The van der Waals surface area contributed by atoms with Gasteiger partial charge in [-0.2, -0.15) is 5.26 Å². The molecule has 1 atom stereocenters. The van der Waals surface area contributed by atoms with Crippen LogP contribution < -0.4 is 0 Å². The van der Waals surface area contributed by atoms with E-state index in [1.165, 1.54) is 12.1 Å². The maximum atomic E-state index is 13.2. The van der Waals surface area contributed by atoms with Crippen LogP contribution in [0.5, 0.6) is 0 Å². The molecule has 1 saturated heterocycles. The average Bonchev–Trinajstić information content (AvgIpc) is 3.10. The molecular weight excluding hydrogens is 317 g/mol. The number of rotatable bonds is 4. The first-order valence-corrected chi connectivity index (χ1v) is 9.23. The molecule has 1 aliphatic heterocycles. The molecule has 1 aliphatic carbocycles. The highest BCUT2D eigenvalue weighted by molar-refractivity contribution is 5.79. The summed E-state index contributed by atoms with van der Waals surface area (Å²) in [5, 5.41) is 9.68. The monoisotopic (exact) mass is 343 g/mol. The van der Waals surface area contributed by atoms with E-state index in [4.69, 9.17) is 0 Å². The van der Waals surface area contributed by atoms with Crippen LogP contribution in [0.2, 0.25) is 0 Å². The number of likely N-dealkylation sites (N-methyl/N-ethyl adjacent to an activating group) is 1. The Hall–Kier alpha value is -1.93. The van der Waals surface area contributed by atoms with Gasteiger partial charge in [-0.25, -0.2) is 4.39 Å². The van der Waals surface area contributed by atoms with Crippen LogP contribution in [0.1, 0.15) is 56.6 Å². The van der Waals surface area contributed by atoms with E-state index in [1.807, 2.05) is 12.1 Å². The van der Waals surface area contributed by atoms with Crippen LogP contribution in [0.4, 0.5) is 4.39 Å². The summed E-state index contributed by atoms with van der Waals surface area (Å²) >= 11 is 0. The lowest BCUT2D eigenvalue weighted by molar-refractivity contribution is -0.136. The quantitative estimate of drug-likeness (QED) is 0.838. The van der Waals surface area contributed by atoms with Gasteiger partial charge in [-0.05, 0) is 49.9 Å². The molecule has 5 heteroatoms. The predicted molar refractivity (Wildman–Crippen MR) is 94.1 cm³/mol. The van der Waals surface area contributed by atoms with Gasteiger partial charge in [0.2, 0.25) is 5.91 Å². The van der Waals surface area contributed by atoms with Gasteiger partial charge < -0.3 is 4.90 Å².